The van der Waals surface area contributed by atoms with Gasteiger partial charge >= 0.3 is 6.18 Å². The van der Waals surface area contributed by atoms with Crippen molar-refractivity contribution in [2.45, 2.75) is 12.8 Å². The largest absolute Gasteiger partial charge is 0.438 e. The van der Waals surface area contributed by atoms with Crippen molar-refractivity contribution in [3.05, 3.63) is 29.7 Å². The van der Waals surface area contributed by atoms with Gasteiger partial charge in [-0.15, -0.1) is 0 Å². The van der Waals surface area contributed by atoms with Crippen LogP contribution >= 0.6 is 0 Å². The number of hydrogen-bond donors (Lipinski definition) is 1. The first-order valence-electron chi connectivity index (χ1n) is 4.08. The van der Waals surface area contributed by atoms with E-state index in [2.05, 4.69) is 4.98 Å². The predicted molar refractivity (Wildman–Crippen MR) is 44.9 cm³/mol. The number of hydrogen-bond acceptors (Lipinski definition) is 3. The zero-order chi connectivity index (χ0) is 11.1. The molecule has 0 unspecified atom stereocenters. The minimum atomic E-state index is -4.40. The third kappa shape index (κ3) is 1.80. The molecule has 2 rings (SSSR count). The molecule has 0 amide bonds. The van der Waals surface area contributed by atoms with Crippen molar-refractivity contribution in [3.63, 3.8) is 0 Å². The lowest BCUT2D eigenvalue weighted by molar-refractivity contribution is -0.137. The van der Waals surface area contributed by atoms with Gasteiger partial charge < -0.3 is 9.52 Å². The number of aliphatic hydroxyl groups is 1. The van der Waals surface area contributed by atoms with Crippen molar-refractivity contribution < 1.29 is 22.7 Å². The lowest BCUT2D eigenvalue weighted by Crippen LogP contribution is -2.03. The molecule has 0 spiro atoms. The topological polar surface area (TPSA) is 46.3 Å². The highest BCUT2D eigenvalue weighted by atomic mass is 19.4. The second-order valence-corrected chi connectivity index (χ2v) is 2.95. The molecule has 15 heavy (non-hydrogen) atoms. The van der Waals surface area contributed by atoms with E-state index in [1.807, 2.05) is 0 Å². The fourth-order valence-electron chi connectivity index (χ4n) is 1.22. The van der Waals surface area contributed by atoms with E-state index in [0.29, 0.717) is 0 Å². The molecule has 0 aliphatic carbocycles. The van der Waals surface area contributed by atoms with Crippen LogP contribution < -0.4 is 0 Å². The highest BCUT2D eigenvalue weighted by Crippen LogP contribution is 2.31. The molecule has 0 saturated heterocycles. The molecule has 0 bridgehead atoms. The number of fused-ring (bicyclic) bond motifs is 1. The van der Waals surface area contributed by atoms with Crippen LogP contribution in [0, 0.1) is 0 Å². The summed E-state index contributed by atoms with van der Waals surface area (Å²) in [6.45, 7) is -0.434. The number of rotatable bonds is 1. The van der Waals surface area contributed by atoms with Crippen molar-refractivity contribution in [2.24, 2.45) is 0 Å². The first kappa shape index (κ1) is 9.97. The number of aliphatic hydroxyl groups excluding tert-OH is 1. The average Bonchev–Trinajstić information content (AvgIpc) is 2.57. The van der Waals surface area contributed by atoms with Crippen LogP contribution in [0.1, 0.15) is 11.5 Å². The Kier molecular flexibility index (Phi) is 2.15. The Bertz CT molecular complexity index is 490. The summed E-state index contributed by atoms with van der Waals surface area (Å²) in [4.78, 5) is 3.69. The molecule has 1 N–H and O–H groups in total. The van der Waals surface area contributed by atoms with Crippen LogP contribution in [0.25, 0.3) is 11.1 Å². The van der Waals surface area contributed by atoms with Gasteiger partial charge in [0.2, 0.25) is 5.89 Å². The van der Waals surface area contributed by atoms with Gasteiger partial charge in [0, 0.05) is 0 Å². The minimum Gasteiger partial charge on any atom is -0.438 e. The van der Waals surface area contributed by atoms with Crippen LogP contribution in [0.4, 0.5) is 13.2 Å². The second kappa shape index (κ2) is 3.23. The zero-order valence-corrected chi connectivity index (χ0v) is 7.38. The van der Waals surface area contributed by atoms with Crippen LogP contribution in [-0.2, 0) is 12.8 Å². The second-order valence-electron chi connectivity index (χ2n) is 2.95. The molecule has 1 heterocycles. The number of oxazole rings is 1. The first-order valence-corrected chi connectivity index (χ1v) is 4.08. The molecule has 3 nitrogen and oxygen atoms in total. The van der Waals surface area contributed by atoms with Crippen LogP contribution in [-0.4, -0.2) is 10.1 Å². The van der Waals surface area contributed by atoms with Crippen LogP contribution in [0.5, 0.6) is 0 Å². The maximum atomic E-state index is 12.3. The Labute approximate surface area is 82.1 Å². The van der Waals surface area contributed by atoms with Gasteiger partial charge in [-0.2, -0.15) is 13.2 Å². The van der Waals surface area contributed by atoms with Crippen molar-refractivity contribution >= 4 is 11.1 Å². The molecule has 1 aromatic carbocycles. The summed E-state index contributed by atoms with van der Waals surface area (Å²) in [5.41, 5.74) is -0.464. The van der Waals surface area contributed by atoms with E-state index < -0.39 is 18.3 Å². The van der Waals surface area contributed by atoms with Crippen LogP contribution in [0.15, 0.2) is 22.6 Å². The van der Waals surface area contributed by atoms with Gasteiger partial charge in [-0.3, -0.25) is 0 Å². The molecule has 0 fully saturated rings. The van der Waals surface area contributed by atoms with Crippen LogP contribution in [0.3, 0.4) is 0 Å². The fraction of sp³-hybridized carbons (Fsp3) is 0.222. The molecule has 0 radical (unpaired) electrons. The van der Waals surface area contributed by atoms with E-state index in [1.165, 1.54) is 6.07 Å². The van der Waals surface area contributed by atoms with Crippen molar-refractivity contribution in [1.29, 1.82) is 0 Å². The molecular formula is C9H6F3NO2. The third-order valence-corrected chi connectivity index (χ3v) is 1.89. The Morgan fingerprint density at radius 3 is 2.67 bits per heavy atom. The van der Waals surface area contributed by atoms with E-state index in [9.17, 15) is 13.2 Å². The summed E-state index contributed by atoms with van der Waals surface area (Å²) in [5, 5.41) is 8.69. The van der Waals surface area contributed by atoms with Gasteiger partial charge in [0.05, 0.1) is 5.56 Å². The molecule has 0 saturated carbocycles. The highest BCUT2D eigenvalue weighted by Gasteiger charge is 2.30. The van der Waals surface area contributed by atoms with Crippen molar-refractivity contribution in [1.82, 2.24) is 4.98 Å². The summed E-state index contributed by atoms with van der Waals surface area (Å²) >= 11 is 0. The maximum absolute atomic E-state index is 12.3. The third-order valence-electron chi connectivity index (χ3n) is 1.89. The number of halogens is 3. The molecule has 0 atom stereocenters. The van der Waals surface area contributed by atoms with Crippen molar-refractivity contribution in [3.8, 4) is 0 Å². The van der Waals surface area contributed by atoms with Gasteiger partial charge in [0.25, 0.3) is 0 Å². The van der Waals surface area contributed by atoms with E-state index >= 15 is 0 Å². The lowest BCUT2D eigenvalue weighted by Gasteiger charge is -2.04. The number of alkyl halides is 3. The summed E-state index contributed by atoms with van der Waals surface area (Å²) < 4.78 is 41.8. The number of nitrogens with zero attached hydrogens (tertiary/aromatic N) is 1. The van der Waals surface area contributed by atoms with Gasteiger partial charge in [-0.25, -0.2) is 4.98 Å². The molecule has 6 heteroatoms. The molecule has 80 valence electrons. The summed E-state index contributed by atoms with van der Waals surface area (Å²) in [5.74, 6) is 0.00400. The number of benzene rings is 1. The molecule has 1 aromatic heterocycles. The van der Waals surface area contributed by atoms with E-state index in [0.717, 1.165) is 12.1 Å². The fourth-order valence-corrected chi connectivity index (χ4v) is 1.22. The Morgan fingerprint density at radius 1 is 1.33 bits per heavy atom. The quantitative estimate of drug-likeness (QED) is 0.797. The smallest absolute Gasteiger partial charge is 0.416 e. The zero-order valence-electron chi connectivity index (χ0n) is 7.38. The number of aromatic nitrogens is 1. The van der Waals surface area contributed by atoms with E-state index in [-0.39, 0.29) is 17.0 Å². The van der Waals surface area contributed by atoms with Crippen molar-refractivity contribution in [2.75, 3.05) is 0 Å². The Hall–Kier alpha value is -1.56. The maximum Gasteiger partial charge on any atom is 0.416 e. The van der Waals surface area contributed by atoms with E-state index in [1.54, 1.807) is 0 Å². The Balaban J connectivity index is 2.55. The molecule has 0 aliphatic rings. The highest BCUT2D eigenvalue weighted by molar-refractivity contribution is 5.73. The standard InChI is InChI=1S/C9H6F3NO2/c10-9(11,12)5-1-2-7-6(3-5)13-8(4-14)15-7/h1-3,14H,4H2. The Morgan fingerprint density at radius 2 is 2.07 bits per heavy atom. The van der Waals surface area contributed by atoms with Gasteiger partial charge in [-0.05, 0) is 18.2 Å². The lowest BCUT2D eigenvalue weighted by atomic mass is 10.2. The first-order chi connectivity index (χ1) is 7.00. The average molecular weight is 217 g/mol. The summed E-state index contributed by atoms with van der Waals surface area (Å²) in [7, 11) is 0. The van der Waals surface area contributed by atoms with Crippen LogP contribution in [0.2, 0.25) is 0 Å². The monoisotopic (exact) mass is 217 g/mol. The van der Waals surface area contributed by atoms with E-state index in [4.69, 9.17) is 9.52 Å². The van der Waals surface area contributed by atoms with Gasteiger partial charge in [0.15, 0.2) is 5.58 Å². The summed E-state index contributed by atoms with van der Waals surface area (Å²) in [6, 6.07) is 2.98. The van der Waals surface area contributed by atoms with Gasteiger partial charge in [0.1, 0.15) is 12.1 Å². The normalized spacial score (nSPS) is 12.3. The predicted octanol–water partition coefficient (Wildman–Crippen LogP) is 2.34. The molecule has 2 aromatic rings. The molecule has 0 aliphatic heterocycles. The minimum absolute atomic E-state index is 0.00400. The SMILES string of the molecule is OCc1nc2cc(C(F)(F)F)ccc2o1. The summed E-state index contributed by atoms with van der Waals surface area (Å²) in [6.07, 6.45) is -4.40. The van der Waals surface area contributed by atoms with Gasteiger partial charge in [-0.1, -0.05) is 0 Å². The molecular weight excluding hydrogens is 211 g/mol.